The first-order valence-electron chi connectivity index (χ1n) is 13.3. The lowest BCUT2D eigenvalue weighted by atomic mass is 10.1. The smallest absolute Gasteiger partial charge is 0.339 e. The number of hydrogen-bond acceptors (Lipinski definition) is 8. The number of methoxy groups -OCH3 is 1. The van der Waals surface area contributed by atoms with E-state index in [0.717, 1.165) is 16.9 Å². The second-order valence-electron chi connectivity index (χ2n) is 9.33. The number of benzene rings is 3. The van der Waals surface area contributed by atoms with Gasteiger partial charge in [-0.25, -0.2) is 9.18 Å². The largest absolute Gasteiger partial charge is 0.493 e. The molecule has 224 valence electrons. The van der Waals surface area contributed by atoms with Crippen LogP contribution < -0.4 is 14.8 Å². The monoisotopic (exact) mass is 626 g/mol. The zero-order valence-electron chi connectivity index (χ0n) is 23.4. The summed E-state index contributed by atoms with van der Waals surface area (Å²) in [5, 5.41) is 2.15. The Balaban J connectivity index is 1.39. The van der Waals surface area contributed by atoms with Crippen molar-refractivity contribution in [2.24, 2.45) is 0 Å². The number of esters is 1. The molecule has 1 fully saturated rings. The summed E-state index contributed by atoms with van der Waals surface area (Å²) >= 11 is 6.83. The number of thioether (sulfide) groups is 1. The van der Waals surface area contributed by atoms with Crippen LogP contribution in [0.4, 0.5) is 14.9 Å². The van der Waals surface area contributed by atoms with E-state index in [0.29, 0.717) is 35.2 Å². The zero-order valence-corrected chi connectivity index (χ0v) is 24.9. The van der Waals surface area contributed by atoms with Crippen molar-refractivity contribution < 1.29 is 37.8 Å². The highest BCUT2D eigenvalue weighted by atomic mass is 35.5. The van der Waals surface area contributed by atoms with E-state index < -0.39 is 29.6 Å². The molecule has 12 heteroatoms. The maximum Gasteiger partial charge on any atom is 0.339 e. The second-order valence-corrected chi connectivity index (χ2v) is 10.7. The molecule has 9 nitrogen and oxygen atoms in total. The van der Waals surface area contributed by atoms with Crippen LogP contribution in [0.3, 0.4) is 0 Å². The lowest BCUT2D eigenvalue weighted by Gasteiger charge is -2.13. The molecular weight excluding hydrogens is 599 g/mol. The number of halogens is 2. The molecule has 43 heavy (non-hydrogen) atoms. The number of unbranched alkanes of at least 4 members (excludes halogenated alkanes) is 1. The minimum Gasteiger partial charge on any atom is -0.493 e. The summed E-state index contributed by atoms with van der Waals surface area (Å²) in [6, 6.07) is 15.2. The standard InChI is InChI=1S/C31H28ClFN2O7S/c1-3-4-13-41-30(38)23-16-22(10-11-24(23)32)34-28(36)17-35-29(37)27(43-31(35)39)15-20-7-12-25(26(14-20)40-2)42-18-19-5-8-21(33)9-6-19/h5-12,14-16H,3-4,13,17-18H2,1-2H3,(H,34,36)/b27-15-. The van der Waals surface area contributed by atoms with Crippen molar-refractivity contribution in [1.29, 1.82) is 0 Å². The van der Waals surface area contributed by atoms with Crippen LogP contribution in [0.5, 0.6) is 11.5 Å². The molecule has 1 N–H and O–H groups in total. The molecule has 0 unspecified atom stereocenters. The Morgan fingerprint density at radius 1 is 1.05 bits per heavy atom. The SMILES string of the molecule is CCCCOC(=O)c1cc(NC(=O)CN2C(=O)S/C(=C\c3ccc(OCc4ccc(F)cc4)c(OC)c3)C2=O)ccc1Cl. The topological polar surface area (TPSA) is 111 Å². The Bertz CT molecular complexity index is 1560. The number of carbonyl (C=O) groups is 4. The van der Waals surface area contributed by atoms with Gasteiger partial charge in [-0.3, -0.25) is 19.3 Å². The number of nitrogens with one attached hydrogen (secondary N) is 1. The summed E-state index contributed by atoms with van der Waals surface area (Å²) in [6.45, 7) is 1.88. The fraction of sp³-hybridized carbons (Fsp3) is 0.226. The summed E-state index contributed by atoms with van der Waals surface area (Å²) in [6.07, 6.45) is 3.08. The molecule has 0 atom stereocenters. The lowest BCUT2D eigenvalue weighted by molar-refractivity contribution is -0.127. The Kier molecular flexibility index (Phi) is 10.8. The van der Waals surface area contributed by atoms with Gasteiger partial charge in [-0.05, 0) is 77.9 Å². The van der Waals surface area contributed by atoms with Crippen LogP contribution in [0, 0.1) is 5.82 Å². The summed E-state index contributed by atoms with van der Waals surface area (Å²) in [5.41, 5.74) is 1.69. The number of imide groups is 1. The van der Waals surface area contributed by atoms with E-state index >= 15 is 0 Å². The maximum atomic E-state index is 13.1. The number of carbonyl (C=O) groups excluding carboxylic acids is 4. The number of anilines is 1. The molecule has 0 spiro atoms. The van der Waals surface area contributed by atoms with Gasteiger partial charge >= 0.3 is 5.97 Å². The predicted octanol–water partition coefficient (Wildman–Crippen LogP) is 6.70. The molecule has 1 aliphatic heterocycles. The molecular formula is C31H28ClFN2O7S. The van der Waals surface area contributed by atoms with E-state index in [1.807, 2.05) is 6.92 Å². The molecule has 4 rings (SSSR count). The van der Waals surface area contributed by atoms with Crippen LogP contribution in [0.25, 0.3) is 6.08 Å². The fourth-order valence-corrected chi connectivity index (χ4v) is 4.95. The number of rotatable bonds is 12. The average Bonchev–Trinajstić information content (AvgIpc) is 3.25. The van der Waals surface area contributed by atoms with Crippen LogP contribution in [-0.2, 0) is 20.9 Å². The highest BCUT2D eigenvalue weighted by Gasteiger charge is 2.36. The highest BCUT2D eigenvalue weighted by molar-refractivity contribution is 8.18. The number of ether oxygens (including phenoxy) is 3. The van der Waals surface area contributed by atoms with Crippen molar-refractivity contribution in [1.82, 2.24) is 4.90 Å². The Morgan fingerprint density at radius 3 is 2.53 bits per heavy atom. The molecule has 0 aromatic heterocycles. The van der Waals surface area contributed by atoms with Gasteiger partial charge in [-0.1, -0.05) is 43.1 Å². The van der Waals surface area contributed by atoms with Crippen molar-refractivity contribution >= 4 is 58.1 Å². The van der Waals surface area contributed by atoms with Gasteiger partial charge in [0.2, 0.25) is 5.91 Å². The third kappa shape index (κ3) is 8.36. The zero-order chi connectivity index (χ0) is 30.9. The molecule has 1 aliphatic rings. The summed E-state index contributed by atoms with van der Waals surface area (Å²) in [7, 11) is 1.47. The van der Waals surface area contributed by atoms with Gasteiger partial charge in [-0.15, -0.1) is 0 Å². The normalized spacial score (nSPS) is 13.8. The number of nitrogens with zero attached hydrogens (tertiary/aromatic N) is 1. The van der Waals surface area contributed by atoms with Crippen LogP contribution >= 0.6 is 23.4 Å². The minimum absolute atomic E-state index is 0.0898. The molecule has 3 aromatic rings. The van der Waals surface area contributed by atoms with Gasteiger partial charge in [0.1, 0.15) is 19.0 Å². The van der Waals surface area contributed by atoms with Crippen molar-refractivity contribution in [2.75, 3.05) is 25.6 Å². The number of hydrogen-bond donors (Lipinski definition) is 1. The van der Waals surface area contributed by atoms with Gasteiger partial charge in [0.25, 0.3) is 11.1 Å². The highest BCUT2D eigenvalue weighted by Crippen LogP contribution is 2.35. The average molecular weight is 627 g/mol. The van der Waals surface area contributed by atoms with E-state index in [4.69, 9.17) is 25.8 Å². The van der Waals surface area contributed by atoms with Crippen molar-refractivity contribution in [3.05, 3.63) is 93.1 Å². The van der Waals surface area contributed by atoms with Crippen molar-refractivity contribution in [3.8, 4) is 11.5 Å². The van der Waals surface area contributed by atoms with Crippen LogP contribution in [0.2, 0.25) is 5.02 Å². The van der Waals surface area contributed by atoms with E-state index in [1.165, 1.54) is 43.5 Å². The quantitative estimate of drug-likeness (QED) is 0.134. The van der Waals surface area contributed by atoms with Crippen molar-refractivity contribution in [2.45, 2.75) is 26.4 Å². The molecule has 3 amide bonds. The van der Waals surface area contributed by atoms with E-state index in [1.54, 1.807) is 30.3 Å². The molecule has 0 aliphatic carbocycles. The Morgan fingerprint density at radius 2 is 1.81 bits per heavy atom. The predicted molar refractivity (Wildman–Crippen MR) is 162 cm³/mol. The Hall–Kier alpha value is -4.35. The summed E-state index contributed by atoms with van der Waals surface area (Å²) < 4.78 is 29.5. The molecule has 0 saturated carbocycles. The van der Waals surface area contributed by atoms with E-state index in [2.05, 4.69) is 5.32 Å². The van der Waals surface area contributed by atoms with Crippen LogP contribution in [0.15, 0.2) is 65.6 Å². The third-order valence-electron chi connectivity index (χ3n) is 6.17. The first-order valence-corrected chi connectivity index (χ1v) is 14.4. The molecule has 0 radical (unpaired) electrons. The first kappa shape index (κ1) is 31.6. The van der Waals surface area contributed by atoms with Gasteiger partial charge in [0, 0.05) is 5.69 Å². The van der Waals surface area contributed by atoms with Crippen molar-refractivity contribution in [3.63, 3.8) is 0 Å². The third-order valence-corrected chi connectivity index (χ3v) is 7.41. The summed E-state index contributed by atoms with van der Waals surface area (Å²) in [4.78, 5) is 51.6. The molecule has 1 saturated heterocycles. The van der Waals surface area contributed by atoms with E-state index in [9.17, 15) is 23.6 Å². The lowest BCUT2D eigenvalue weighted by Crippen LogP contribution is -2.36. The maximum absolute atomic E-state index is 13.1. The van der Waals surface area contributed by atoms with Crippen LogP contribution in [0.1, 0.15) is 41.3 Å². The first-order chi connectivity index (χ1) is 20.7. The van der Waals surface area contributed by atoms with E-state index in [-0.39, 0.29) is 40.2 Å². The second kappa shape index (κ2) is 14.7. The summed E-state index contributed by atoms with van der Waals surface area (Å²) in [5.74, 6) is -1.39. The van der Waals surface area contributed by atoms with Gasteiger partial charge in [0.05, 0.1) is 29.2 Å². The molecule has 1 heterocycles. The molecule has 0 bridgehead atoms. The van der Waals surface area contributed by atoms with Gasteiger partial charge in [-0.2, -0.15) is 0 Å². The number of amides is 3. The minimum atomic E-state index is -0.638. The van der Waals surface area contributed by atoms with Gasteiger partial charge < -0.3 is 19.5 Å². The van der Waals surface area contributed by atoms with Gasteiger partial charge in [0.15, 0.2) is 11.5 Å². The van der Waals surface area contributed by atoms with Crippen LogP contribution in [-0.4, -0.2) is 48.2 Å². The Labute approximate surface area is 256 Å². The molecule has 3 aromatic carbocycles. The fourth-order valence-electron chi connectivity index (χ4n) is 3.91.